The lowest BCUT2D eigenvalue weighted by Gasteiger charge is -1.96. The predicted octanol–water partition coefficient (Wildman–Crippen LogP) is 1.32. The molecule has 0 aliphatic heterocycles. The maximum atomic E-state index is 5.21. The van der Waals surface area contributed by atoms with Gasteiger partial charge in [-0.1, -0.05) is 0 Å². The second-order valence-corrected chi connectivity index (χ2v) is 3.74. The molecule has 2 aromatic rings. The lowest BCUT2D eigenvalue weighted by molar-refractivity contribution is 0.577. The molecule has 0 unspecified atom stereocenters. The van der Waals surface area contributed by atoms with E-state index in [1.54, 1.807) is 6.26 Å². The highest BCUT2D eigenvalue weighted by Gasteiger charge is 2.20. The molecule has 0 atom stereocenters. The average Bonchev–Trinajstić information content (AvgIpc) is 2.78. The fourth-order valence-electron chi connectivity index (χ4n) is 1.42. The van der Waals surface area contributed by atoms with Gasteiger partial charge >= 0.3 is 0 Å². The van der Waals surface area contributed by atoms with E-state index in [4.69, 9.17) is 4.42 Å². The van der Waals surface area contributed by atoms with Crippen molar-refractivity contribution < 1.29 is 4.42 Å². The third-order valence-electron chi connectivity index (χ3n) is 2.41. The molecule has 0 aromatic carbocycles. The molecule has 1 aliphatic rings. The second-order valence-electron chi connectivity index (χ2n) is 3.74. The first-order valence-corrected chi connectivity index (χ1v) is 5.10. The third-order valence-corrected chi connectivity index (χ3v) is 2.41. The Balaban J connectivity index is 1.69. The van der Waals surface area contributed by atoms with Gasteiger partial charge < -0.3 is 9.73 Å². The second kappa shape index (κ2) is 3.51. The first-order chi connectivity index (χ1) is 7.42. The third kappa shape index (κ3) is 1.92. The molecule has 0 bridgehead atoms. The fourth-order valence-corrected chi connectivity index (χ4v) is 1.42. The minimum absolute atomic E-state index is 0.618. The number of aromatic nitrogens is 3. The molecule has 5 nitrogen and oxygen atoms in total. The predicted molar refractivity (Wildman–Crippen MR) is 53.9 cm³/mol. The number of rotatable bonds is 4. The molecule has 1 aliphatic carbocycles. The molecule has 1 saturated carbocycles. The van der Waals surface area contributed by atoms with Gasteiger partial charge in [0.15, 0.2) is 5.76 Å². The highest BCUT2D eigenvalue weighted by atomic mass is 16.3. The van der Waals surface area contributed by atoms with E-state index >= 15 is 0 Å². The van der Waals surface area contributed by atoms with Crippen molar-refractivity contribution in [2.45, 2.75) is 25.4 Å². The molecule has 2 N–H and O–H groups in total. The first kappa shape index (κ1) is 8.67. The maximum absolute atomic E-state index is 5.21. The van der Waals surface area contributed by atoms with Crippen molar-refractivity contribution in [1.82, 2.24) is 20.5 Å². The zero-order valence-corrected chi connectivity index (χ0v) is 8.23. The van der Waals surface area contributed by atoms with Crippen molar-refractivity contribution in [2.75, 3.05) is 0 Å². The molecule has 5 heteroatoms. The first-order valence-electron chi connectivity index (χ1n) is 5.10. The Bertz CT molecular complexity index is 430. The van der Waals surface area contributed by atoms with Crippen LogP contribution in [0.25, 0.3) is 11.6 Å². The van der Waals surface area contributed by atoms with Crippen LogP contribution in [0.1, 0.15) is 18.7 Å². The smallest absolute Gasteiger partial charge is 0.216 e. The quantitative estimate of drug-likeness (QED) is 0.788. The molecule has 15 heavy (non-hydrogen) atoms. The van der Waals surface area contributed by atoms with Gasteiger partial charge in [0, 0.05) is 6.04 Å². The van der Waals surface area contributed by atoms with Gasteiger partial charge in [0.1, 0.15) is 5.82 Å². The summed E-state index contributed by atoms with van der Waals surface area (Å²) >= 11 is 0. The largest absolute Gasteiger partial charge is 0.461 e. The summed E-state index contributed by atoms with van der Waals surface area (Å²) in [6.07, 6.45) is 4.17. The average molecular weight is 204 g/mol. The molecule has 0 amide bonds. The molecule has 0 saturated heterocycles. The van der Waals surface area contributed by atoms with Gasteiger partial charge in [-0.3, -0.25) is 5.10 Å². The van der Waals surface area contributed by atoms with Crippen LogP contribution in [0.4, 0.5) is 0 Å². The van der Waals surface area contributed by atoms with Crippen LogP contribution in [0.15, 0.2) is 22.8 Å². The number of nitrogens with one attached hydrogen (secondary N) is 2. The summed E-state index contributed by atoms with van der Waals surface area (Å²) in [6, 6.07) is 4.36. The van der Waals surface area contributed by atoms with E-state index in [1.165, 1.54) is 12.8 Å². The Kier molecular flexibility index (Phi) is 2.03. The van der Waals surface area contributed by atoms with E-state index in [1.807, 2.05) is 12.1 Å². The molecule has 2 aromatic heterocycles. The van der Waals surface area contributed by atoms with Gasteiger partial charge in [-0.25, -0.2) is 4.98 Å². The van der Waals surface area contributed by atoms with Crippen molar-refractivity contribution in [3.8, 4) is 11.6 Å². The van der Waals surface area contributed by atoms with E-state index in [9.17, 15) is 0 Å². The van der Waals surface area contributed by atoms with Gasteiger partial charge in [-0.2, -0.15) is 0 Å². The highest BCUT2D eigenvalue weighted by molar-refractivity contribution is 5.45. The van der Waals surface area contributed by atoms with E-state index in [-0.39, 0.29) is 0 Å². The topological polar surface area (TPSA) is 66.7 Å². The van der Waals surface area contributed by atoms with Gasteiger partial charge in [-0.15, -0.1) is 5.10 Å². The van der Waals surface area contributed by atoms with Crippen LogP contribution in [-0.4, -0.2) is 21.2 Å². The lowest BCUT2D eigenvalue weighted by atomic mass is 10.4. The molecular formula is C10H12N4O. The van der Waals surface area contributed by atoms with Gasteiger partial charge in [-0.05, 0) is 25.0 Å². The fraction of sp³-hybridized carbons (Fsp3) is 0.400. The van der Waals surface area contributed by atoms with E-state index < -0.39 is 0 Å². The molecule has 1 fully saturated rings. The SMILES string of the molecule is c1coc(-c2n[nH]c(CNC3CC3)n2)c1. The Morgan fingerprint density at radius 2 is 2.47 bits per heavy atom. The van der Waals surface area contributed by atoms with Crippen LogP contribution in [0.3, 0.4) is 0 Å². The van der Waals surface area contributed by atoms with E-state index in [0.29, 0.717) is 17.6 Å². The Morgan fingerprint density at radius 3 is 3.20 bits per heavy atom. The molecule has 3 rings (SSSR count). The Labute approximate surface area is 86.9 Å². The lowest BCUT2D eigenvalue weighted by Crippen LogP contribution is -2.16. The van der Waals surface area contributed by atoms with Gasteiger partial charge in [0.05, 0.1) is 12.8 Å². The zero-order chi connectivity index (χ0) is 10.1. The van der Waals surface area contributed by atoms with Crippen molar-refractivity contribution in [2.24, 2.45) is 0 Å². The molecular weight excluding hydrogens is 192 g/mol. The van der Waals surface area contributed by atoms with Crippen molar-refractivity contribution in [3.63, 3.8) is 0 Å². The summed E-state index contributed by atoms with van der Waals surface area (Å²) in [5.41, 5.74) is 0. The van der Waals surface area contributed by atoms with Crippen molar-refractivity contribution in [1.29, 1.82) is 0 Å². The molecule has 78 valence electrons. The summed E-state index contributed by atoms with van der Waals surface area (Å²) in [7, 11) is 0. The van der Waals surface area contributed by atoms with Crippen LogP contribution in [0.5, 0.6) is 0 Å². The van der Waals surface area contributed by atoms with Gasteiger partial charge in [0.25, 0.3) is 0 Å². The summed E-state index contributed by atoms with van der Waals surface area (Å²) in [5, 5.41) is 10.3. The standard InChI is InChI=1S/C10H12N4O/c1-2-8(15-5-1)10-12-9(13-14-10)6-11-7-3-4-7/h1-2,5,7,11H,3-4,6H2,(H,12,13,14). The number of aromatic amines is 1. The van der Waals surface area contributed by atoms with Gasteiger partial charge in [0.2, 0.25) is 5.82 Å². The Hall–Kier alpha value is -1.62. The molecule has 2 heterocycles. The minimum Gasteiger partial charge on any atom is -0.461 e. The van der Waals surface area contributed by atoms with Crippen molar-refractivity contribution in [3.05, 3.63) is 24.2 Å². The van der Waals surface area contributed by atoms with Crippen LogP contribution in [0, 0.1) is 0 Å². The number of hydrogen-bond acceptors (Lipinski definition) is 4. The summed E-state index contributed by atoms with van der Waals surface area (Å²) < 4.78 is 5.21. The summed E-state index contributed by atoms with van der Waals surface area (Å²) in [5.74, 6) is 2.17. The van der Waals surface area contributed by atoms with Crippen LogP contribution >= 0.6 is 0 Å². The highest BCUT2D eigenvalue weighted by Crippen LogP contribution is 2.19. The van der Waals surface area contributed by atoms with Crippen LogP contribution in [-0.2, 0) is 6.54 Å². The van der Waals surface area contributed by atoms with E-state index in [0.717, 1.165) is 12.4 Å². The van der Waals surface area contributed by atoms with Crippen molar-refractivity contribution >= 4 is 0 Å². The monoisotopic (exact) mass is 204 g/mol. The maximum Gasteiger partial charge on any atom is 0.216 e. The molecule has 0 radical (unpaired) electrons. The number of H-pyrrole nitrogens is 1. The minimum atomic E-state index is 0.618. The zero-order valence-electron chi connectivity index (χ0n) is 8.23. The van der Waals surface area contributed by atoms with Crippen LogP contribution in [0.2, 0.25) is 0 Å². The summed E-state index contributed by atoms with van der Waals surface area (Å²) in [4.78, 5) is 4.33. The number of furan rings is 1. The number of nitrogens with zero attached hydrogens (tertiary/aromatic N) is 2. The summed E-state index contributed by atoms with van der Waals surface area (Å²) in [6.45, 7) is 0.748. The number of hydrogen-bond donors (Lipinski definition) is 2. The molecule has 0 spiro atoms. The van der Waals surface area contributed by atoms with Crippen LogP contribution < -0.4 is 5.32 Å². The van der Waals surface area contributed by atoms with E-state index in [2.05, 4.69) is 20.5 Å². The Morgan fingerprint density at radius 1 is 1.53 bits per heavy atom. The normalized spacial score (nSPS) is 15.7.